The molecule has 94 valence electrons. The van der Waals surface area contributed by atoms with Crippen LogP contribution in [0.1, 0.15) is 16.8 Å². The van der Waals surface area contributed by atoms with Crippen LogP contribution in [-0.2, 0) is 6.54 Å². The Hall–Kier alpha value is -1.62. The molecular formula is C13H13BrN2O2. The van der Waals surface area contributed by atoms with Crippen LogP contribution in [0.15, 0.2) is 41.4 Å². The maximum absolute atomic E-state index is 10.6. The Morgan fingerprint density at radius 1 is 1.44 bits per heavy atom. The zero-order chi connectivity index (χ0) is 12.8. The van der Waals surface area contributed by atoms with Crippen molar-refractivity contribution >= 4 is 22.2 Å². The van der Waals surface area contributed by atoms with Crippen molar-refractivity contribution < 1.29 is 9.53 Å². The van der Waals surface area contributed by atoms with Gasteiger partial charge in [-0.3, -0.25) is 4.79 Å². The van der Waals surface area contributed by atoms with Crippen LogP contribution >= 0.6 is 15.9 Å². The van der Waals surface area contributed by atoms with Gasteiger partial charge < -0.3 is 9.30 Å². The first-order chi connectivity index (χ1) is 8.79. The number of hydrogen-bond donors (Lipinski definition) is 0. The smallest absolute Gasteiger partial charge is 0.150 e. The van der Waals surface area contributed by atoms with Gasteiger partial charge in [-0.05, 0) is 40.5 Å². The highest BCUT2D eigenvalue weighted by molar-refractivity contribution is 9.10. The lowest BCUT2D eigenvalue weighted by Gasteiger charge is -2.08. The van der Waals surface area contributed by atoms with E-state index < -0.39 is 0 Å². The van der Waals surface area contributed by atoms with E-state index in [4.69, 9.17) is 4.74 Å². The van der Waals surface area contributed by atoms with Gasteiger partial charge in [-0.15, -0.1) is 0 Å². The standard InChI is InChI=1S/C13H13BrN2O2/c14-12-8-11(9-17)2-3-13(12)18-7-1-5-16-6-4-15-10-16/h2-4,6,8-10H,1,5,7H2. The Kier molecular flexibility index (Phi) is 4.52. The van der Waals surface area contributed by atoms with Crippen molar-refractivity contribution in [1.29, 1.82) is 0 Å². The van der Waals surface area contributed by atoms with Crippen LogP contribution in [0.5, 0.6) is 5.75 Å². The number of halogens is 1. The second kappa shape index (κ2) is 6.35. The summed E-state index contributed by atoms with van der Waals surface area (Å²) in [5.74, 6) is 0.756. The predicted molar refractivity (Wildman–Crippen MR) is 71.9 cm³/mol. The molecule has 18 heavy (non-hydrogen) atoms. The van der Waals surface area contributed by atoms with Crippen LogP contribution < -0.4 is 4.74 Å². The SMILES string of the molecule is O=Cc1ccc(OCCCn2ccnc2)c(Br)c1. The van der Waals surface area contributed by atoms with E-state index in [9.17, 15) is 4.79 Å². The number of rotatable bonds is 6. The first-order valence-electron chi connectivity index (χ1n) is 5.63. The number of benzene rings is 1. The summed E-state index contributed by atoms with van der Waals surface area (Å²) in [6, 6.07) is 5.28. The second-order valence-electron chi connectivity index (χ2n) is 3.81. The van der Waals surface area contributed by atoms with E-state index in [0.717, 1.165) is 29.5 Å². The lowest BCUT2D eigenvalue weighted by molar-refractivity contribution is 0.112. The highest BCUT2D eigenvalue weighted by Gasteiger charge is 2.02. The van der Waals surface area contributed by atoms with Crippen molar-refractivity contribution in [3.8, 4) is 5.75 Å². The van der Waals surface area contributed by atoms with Gasteiger partial charge in [0.15, 0.2) is 0 Å². The molecule has 2 aromatic rings. The summed E-state index contributed by atoms with van der Waals surface area (Å²) in [5, 5.41) is 0. The van der Waals surface area contributed by atoms with Gasteiger partial charge >= 0.3 is 0 Å². The van der Waals surface area contributed by atoms with Crippen LogP contribution in [-0.4, -0.2) is 22.4 Å². The monoisotopic (exact) mass is 308 g/mol. The fourth-order valence-electron chi connectivity index (χ4n) is 1.56. The maximum atomic E-state index is 10.6. The zero-order valence-electron chi connectivity index (χ0n) is 9.75. The van der Waals surface area contributed by atoms with Crippen molar-refractivity contribution in [3.63, 3.8) is 0 Å². The molecule has 0 aliphatic carbocycles. The highest BCUT2D eigenvalue weighted by atomic mass is 79.9. The number of hydrogen-bond acceptors (Lipinski definition) is 3. The summed E-state index contributed by atoms with van der Waals surface area (Å²) in [4.78, 5) is 14.6. The Labute approximate surface area is 114 Å². The molecule has 0 bridgehead atoms. The first-order valence-corrected chi connectivity index (χ1v) is 6.42. The van der Waals surface area contributed by atoms with Crippen molar-refractivity contribution in [2.75, 3.05) is 6.61 Å². The number of aldehydes is 1. The summed E-state index contributed by atoms with van der Waals surface area (Å²) in [7, 11) is 0. The largest absolute Gasteiger partial charge is 0.492 e. The number of aryl methyl sites for hydroxylation is 1. The average molecular weight is 309 g/mol. The lowest BCUT2D eigenvalue weighted by atomic mass is 10.2. The van der Waals surface area contributed by atoms with E-state index in [1.54, 1.807) is 30.7 Å². The van der Waals surface area contributed by atoms with Gasteiger partial charge in [-0.25, -0.2) is 4.98 Å². The number of ether oxygens (including phenoxy) is 1. The van der Waals surface area contributed by atoms with Gasteiger partial charge in [-0.2, -0.15) is 0 Å². The molecule has 1 heterocycles. The van der Waals surface area contributed by atoms with E-state index in [1.165, 1.54) is 0 Å². The molecule has 0 amide bonds. The van der Waals surface area contributed by atoms with Crippen molar-refractivity contribution in [2.24, 2.45) is 0 Å². The minimum atomic E-state index is 0.622. The van der Waals surface area contributed by atoms with E-state index in [2.05, 4.69) is 20.9 Å². The van der Waals surface area contributed by atoms with Crippen LogP contribution in [0.4, 0.5) is 0 Å². The van der Waals surface area contributed by atoms with Gasteiger partial charge in [0.25, 0.3) is 0 Å². The third-order valence-electron chi connectivity index (χ3n) is 2.47. The molecule has 0 unspecified atom stereocenters. The molecule has 0 aliphatic heterocycles. The fraction of sp³-hybridized carbons (Fsp3) is 0.231. The minimum Gasteiger partial charge on any atom is -0.492 e. The number of aromatic nitrogens is 2. The number of carbonyl (C=O) groups is 1. The van der Waals surface area contributed by atoms with Crippen LogP contribution in [0.3, 0.4) is 0 Å². The summed E-state index contributed by atoms with van der Waals surface area (Å²) < 4.78 is 8.45. The average Bonchev–Trinajstić information content (AvgIpc) is 2.89. The van der Waals surface area contributed by atoms with E-state index in [-0.39, 0.29) is 0 Å². The molecule has 0 aliphatic rings. The second-order valence-corrected chi connectivity index (χ2v) is 4.66. The molecule has 4 nitrogen and oxygen atoms in total. The molecule has 0 atom stereocenters. The lowest BCUT2D eigenvalue weighted by Crippen LogP contribution is -2.03. The molecule has 0 saturated heterocycles. The molecule has 0 N–H and O–H groups in total. The zero-order valence-corrected chi connectivity index (χ0v) is 11.3. The molecule has 0 saturated carbocycles. The third kappa shape index (κ3) is 3.43. The first kappa shape index (κ1) is 12.8. The normalized spacial score (nSPS) is 10.3. The number of nitrogens with zero attached hydrogens (tertiary/aromatic N) is 2. The summed E-state index contributed by atoms with van der Waals surface area (Å²) in [6.07, 6.45) is 7.19. The molecule has 1 aromatic carbocycles. The topological polar surface area (TPSA) is 44.1 Å². The quantitative estimate of drug-likeness (QED) is 0.609. The van der Waals surface area contributed by atoms with Crippen molar-refractivity contribution in [1.82, 2.24) is 9.55 Å². The highest BCUT2D eigenvalue weighted by Crippen LogP contribution is 2.25. The number of imidazole rings is 1. The summed E-state index contributed by atoms with van der Waals surface area (Å²) >= 11 is 3.38. The molecule has 0 radical (unpaired) electrons. The molecule has 0 fully saturated rings. The van der Waals surface area contributed by atoms with Gasteiger partial charge in [0.1, 0.15) is 12.0 Å². The van der Waals surface area contributed by atoms with Gasteiger partial charge in [0.05, 0.1) is 17.4 Å². The Morgan fingerprint density at radius 2 is 2.33 bits per heavy atom. The van der Waals surface area contributed by atoms with Crippen molar-refractivity contribution in [3.05, 3.63) is 47.0 Å². The Bertz CT molecular complexity index is 512. The molecule has 1 aromatic heterocycles. The van der Waals surface area contributed by atoms with Crippen LogP contribution in [0, 0.1) is 0 Å². The number of carbonyl (C=O) groups excluding carboxylic acids is 1. The summed E-state index contributed by atoms with van der Waals surface area (Å²) in [5.41, 5.74) is 0.632. The molecule has 0 spiro atoms. The Morgan fingerprint density at radius 3 is 3.00 bits per heavy atom. The molecular weight excluding hydrogens is 296 g/mol. The molecule has 5 heteroatoms. The van der Waals surface area contributed by atoms with Crippen LogP contribution in [0.2, 0.25) is 0 Å². The predicted octanol–water partition coefficient (Wildman–Crippen LogP) is 2.93. The fourth-order valence-corrected chi connectivity index (χ4v) is 2.07. The van der Waals surface area contributed by atoms with Gasteiger partial charge in [0, 0.05) is 24.5 Å². The van der Waals surface area contributed by atoms with E-state index in [1.807, 2.05) is 10.8 Å². The van der Waals surface area contributed by atoms with Crippen LogP contribution in [0.25, 0.3) is 0 Å². The van der Waals surface area contributed by atoms with E-state index in [0.29, 0.717) is 12.2 Å². The van der Waals surface area contributed by atoms with Gasteiger partial charge in [-0.1, -0.05) is 0 Å². The minimum absolute atomic E-state index is 0.622. The van der Waals surface area contributed by atoms with Gasteiger partial charge in [0.2, 0.25) is 0 Å². The Balaban J connectivity index is 1.81. The van der Waals surface area contributed by atoms with E-state index >= 15 is 0 Å². The van der Waals surface area contributed by atoms with Crippen molar-refractivity contribution in [2.45, 2.75) is 13.0 Å². The molecule has 2 rings (SSSR count). The maximum Gasteiger partial charge on any atom is 0.150 e. The third-order valence-corrected chi connectivity index (χ3v) is 3.09. The summed E-state index contributed by atoms with van der Waals surface area (Å²) in [6.45, 7) is 1.50.